The van der Waals surface area contributed by atoms with Crippen molar-refractivity contribution in [2.45, 2.75) is 77.0 Å². The first-order chi connectivity index (χ1) is 15.2. The van der Waals surface area contributed by atoms with Crippen molar-refractivity contribution in [2.75, 3.05) is 0 Å². The molecule has 166 valence electrons. The van der Waals surface area contributed by atoms with E-state index in [1.165, 1.54) is 37.9 Å². The number of ether oxygens (including phenoxy) is 1. The van der Waals surface area contributed by atoms with Crippen LogP contribution in [0.4, 0.5) is 0 Å². The molecular weight excluding hydrogens is 394 g/mol. The Hall–Kier alpha value is -2.65. The van der Waals surface area contributed by atoms with E-state index in [-0.39, 0.29) is 23.2 Å². The van der Waals surface area contributed by atoms with Gasteiger partial charge in [0.05, 0.1) is 0 Å². The molecule has 5 rings (SSSR count). The summed E-state index contributed by atoms with van der Waals surface area (Å²) in [6.07, 6.45) is 3.86. The Kier molecular flexibility index (Phi) is 5.13. The van der Waals surface area contributed by atoms with Crippen LogP contribution in [-0.2, 0) is 16.0 Å². The number of nitrogens with one attached hydrogen (secondary N) is 1. The van der Waals surface area contributed by atoms with Crippen LogP contribution in [0.2, 0.25) is 0 Å². The summed E-state index contributed by atoms with van der Waals surface area (Å²) in [7, 11) is 0. The van der Waals surface area contributed by atoms with Gasteiger partial charge in [0.1, 0.15) is 6.10 Å². The summed E-state index contributed by atoms with van der Waals surface area (Å²) in [5.41, 5.74) is 1.27. The Bertz CT molecular complexity index is 1250. The number of piperidine rings is 1. The molecule has 1 heterocycles. The normalized spacial score (nSPS) is 18.5. The van der Waals surface area contributed by atoms with E-state index in [9.17, 15) is 4.79 Å². The molecule has 1 N–H and O–H groups in total. The minimum atomic E-state index is -0.0683. The number of rotatable bonds is 5. The van der Waals surface area contributed by atoms with Crippen molar-refractivity contribution < 1.29 is 9.53 Å². The maximum Gasteiger partial charge on any atom is 0.306 e. The highest BCUT2D eigenvalue weighted by Crippen LogP contribution is 2.36. The van der Waals surface area contributed by atoms with Crippen LogP contribution in [0.25, 0.3) is 32.3 Å². The van der Waals surface area contributed by atoms with Gasteiger partial charge in [-0.05, 0) is 78.4 Å². The third kappa shape index (κ3) is 4.06. The predicted octanol–water partition coefficient (Wildman–Crippen LogP) is 6.76. The molecule has 32 heavy (non-hydrogen) atoms. The number of benzene rings is 4. The second-order valence-electron chi connectivity index (χ2n) is 10.8. The number of carbonyl (C=O) groups excluding carboxylic acids is 1. The van der Waals surface area contributed by atoms with Gasteiger partial charge in [-0.25, -0.2) is 0 Å². The standard InChI is InChI=1S/C29H33NO2/c1-28(2)17-23(18-29(3,4)30-28)32-25(31)10-6-7-19-11-12-22-14-13-20-8-5-9-21-15-16-24(19)27(22)26(20)21/h5,8-9,11-16,23,30H,6-7,10,17-18H2,1-4H3. The minimum Gasteiger partial charge on any atom is -0.462 e. The second kappa shape index (κ2) is 7.74. The first kappa shape index (κ1) is 21.2. The topological polar surface area (TPSA) is 38.3 Å². The first-order valence-electron chi connectivity index (χ1n) is 11.9. The Balaban J connectivity index is 1.29. The van der Waals surface area contributed by atoms with Crippen LogP contribution in [0.1, 0.15) is 58.9 Å². The van der Waals surface area contributed by atoms with Gasteiger partial charge in [0.2, 0.25) is 0 Å². The SMILES string of the molecule is CC1(C)CC(OC(=O)CCCc2ccc3ccc4cccc5ccc2c3c45)CC(C)(C)N1. The molecule has 1 fully saturated rings. The average molecular weight is 428 g/mol. The Morgan fingerprint density at radius 3 is 2.16 bits per heavy atom. The highest BCUT2D eigenvalue weighted by molar-refractivity contribution is 6.23. The molecule has 0 radical (unpaired) electrons. The highest BCUT2D eigenvalue weighted by atomic mass is 16.5. The number of aryl methyl sites for hydroxylation is 1. The van der Waals surface area contributed by atoms with E-state index < -0.39 is 0 Å². The lowest BCUT2D eigenvalue weighted by Crippen LogP contribution is -2.59. The summed E-state index contributed by atoms with van der Waals surface area (Å²) in [5.74, 6) is -0.0683. The monoisotopic (exact) mass is 427 g/mol. The van der Waals surface area contributed by atoms with Crippen molar-refractivity contribution in [3.63, 3.8) is 0 Å². The van der Waals surface area contributed by atoms with E-state index in [0.29, 0.717) is 6.42 Å². The smallest absolute Gasteiger partial charge is 0.306 e. The van der Waals surface area contributed by atoms with E-state index in [1.54, 1.807) is 0 Å². The molecule has 1 aliphatic rings. The summed E-state index contributed by atoms with van der Waals surface area (Å²) in [6.45, 7) is 8.73. The summed E-state index contributed by atoms with van der Waals surface area (Å²) in [4.78, 5) is 12.6. The second-order valence-corrected chi connectivity index (χ2v) is 10.8. The van der Waals surface area contributed by atoms with Crippen LogP contribution < -0.4 is 5.32 Å². The molecule has 1 saturated heterocycles. The molecule has 0 unspecified atom stereocenters. The number of hydrogen-bond donors (Lipinski definition) is 1. The molecule has 0 aliphatic carbocycles. The fourth-order valence-electron chi connectivity index (χ4n) is 5.99. The van der Waals surface area contributed by atoms with Gasteiger partial charge >= 0.3 is 5.97 Å². The zero-order valence-electron chi connectivity index (χ0n) is 19.6. The molecule has 0 saturated carbocycles. The largest absolute Gasteiger partial charge is 0.462 e. The molecule has 0 spiro atoms. The molecule has 3 heteroatoms. The van der Waals surface area contributed by atoms with Crippen molar-refractivity contribution in [1.82, 2.24) is 5.32 Å². The molecule has 0 bridgehead atoms. The molecule has 0 aromatic heterocycles. The fourth-order valence-corrected chi connectivity index (χ4v) is 5.99. The third-order valence-electron chi connectivity index (χ3n) is 6.90. The van der Waals surface area contributed by atoms with Gasteiger partial charge in [0, 0.05) is 30.3 Å². The van der Waals surface area contributed by atoms with Crippen LogP contribution >= 0.6 is 0 Å². The van der Waals surface area contributed by atoms with Crippen molar-refractivity contribution in [3.05, 3.63) is 60.2 Å². The van der Waals surface area contributed by atoms with Crippen LogP contribution in [0, 0.1) is 0 Å². The van der Waals surface area contributed by atoms with Gasteiger partial charge in [-0.15, -0.1) is 0 Å². The lowest BCUT2D eigenvalue weighted by atomic mass is 9.81. The fraction of sp³-hybridized carbons (Fsp3) is 0.414. The van der Waals surface area contributed by atoms with Crippen molar-refractivity contribution in [1.29, 1.82) is 0 Å². The van der Waals surface area contributed by atoms with E-state index >= 15 is 0 Å². The lowest BCUT2D eigenvalue weighted by Gasteiger charge is -2.45. The third-order valence-corrected chi connectivity index (χ3v) is 6.90. The quantitative estimate of drug-likeness (QED) is 0.282. The van der Waals surface area contributed by atoms with Crippen molar-refractivity contribution in [2.24, 2.45) is 0 Å². The Morgan fingerprint density at radius 1 is 0.875 bits per heavy atom. The van der Waals surface area contributed by atoms with Crippen LogP contribution in [0.5, 0.6) is 0 Å². The Morgan fingerprint density at radius 2 is 1.47 bits per heavy atom. The van der Waals surface area contributed by atoms with Crippen LogP contribution in [0.15, 0.2) is 54.6 Å². The van der Waals surface area contributed by atoms with Crippen molar-refractivity contribution >= 4 is 38.3 Å². The molecule has 3 nitrogen and oxygen atoms in total. The van der Waals surface area contributed by atoms with Gasteiger partial charge in [0.25, 0.3) is 0 Å². The van der Waals surface area contributed by atoms with Gasteiger partial charge in [0.15, 0.2) is 0 Å². The maximum atomic E-state index is 12.6. The zero-order chi connectivity index (χ0) is 22.5. The number of esters is 1. The maximum absolute atomic E-state index is 12.6. The summed E-state index contributed by atoms with van der Waals surface area (Å²) >= 11 is 0. The molecular formula is C29H33NO2. The van der Waals surface area contributed by atoms with E-state index in [4.69, 9.17) is 4.74 Å². The average Bonchev–Trinajstić information content (AvgIpc) is 2.70. The molecule has 4 aromatic carbocycles. The lowest BCUT2D eigenvalue weighted by molar-refractivity contribution is -0.153. The summed E-state index contributed by atoms with van der Waals surface area (Å²) < 4.78 is 5.90. The van der Waals surface area contributed by atoms with E-state index in [2.05, 4.69) is 87.6 Å². The van der Waals surface area contributed by atoms with E-state index in [0.717, 1.165) is 25.7 Å². The van der Waals surface area contributed by atoms with Gasteiger partial charge in [-0.1, -0.05) is 54.6 Å². The zero-order valence-corrected chi connectivity index (χ0v) is 19.6. The number of carbonyl (C=O) groups is 1. The molecule has 0 amide bonds. The van der Waals surface area contributed by atoms with Crippen LogP contribution in [0.3, 0.4) is 0 Å². The number of hydrogen-bond acceptors (Lipinski definition) is 3. The van der Waals surface area contributed by atoms with E-state index in [1.807, 2.05) is 0 Å². The molecule has 4 aromatic rings. The Labute approximate surface area is 190 Å². The van der Waals surface area contributed by atoms with Crippen molar-refractivity contribution in [3.8, 4) is 0 Å². The minimum absolute atomic E-state index is 0.0108. The first-order valence-corrected chi connectivity index (χ1v) is 11.9. The highest BCUT2D eigenvalue weighted by Gasteiger charge is 2.39. The summed E-state index contributed by atoms with van der Waals surface area (Å²) in [5, 5.41) is 11.5. The molecule has 1 aliphatic heterocycles. The van der Waals surface area contributed by atoms with Crippen LogP contribution in [-0.4, -0.2) is 23.2 Å². The molecule has 0 atom stereocenters. The van der Waals surface area contributed by atoms with Gasteiger partial charge < -0.3 is 10.1 Å². The van der Waals surface area contributed by atoms with Gasteiger partial charge in [-0.3, -0.25) is 4.79 Å². The predicted molar refractivity (Wildman–Crippen MR) is 133 cm³/mol. The summed E-state index contributed by atoms with van der Waals surface area (Å²) in [6, 6.07) is 19.8. The van der Waals surface area contributed by atoms with Gasteiger partial charge in [-0.2, -0.15) is 0 Å².